The molecule has 0 radical (unpaired) electrons. The van der Waals surface area contributed by atoms with Crippen LogP contribution in [0.3, 0.4) is 0 Å². The third kappa shape index (κ3) is 3.05. The van der Waals surface area contributed by atoms with Gasteiger partial charge in [0.15, 0.2) is 0 Å². The minimum absolute atomic E-state index is 0.233. The summed E-state index contributed by atoms with van der Waals surface area (Å²) in [6.45, 7) is 3.21. The fourth-order valence-electron chi connectivity index (χ4n) is 2.61. The van der Waals surface area contributed by atoms with Gasteiger partial charge in [-0.3, -0.25) is 0 Å². The molecule has 21 heavy (non-hydrogen) atoms. The third-order valence-corrected chi connectivity index (χ3v) is 5.34. The van der Waals surface area contributed by atoms with E-state index in [2.05, 4.69) is 82.1 Å². The molecule has 0 spiro atoms. The lowest BCUT2D eigenvalue weighted by molar-refractivity contribution is 0.601. The molecule has 0 saturated heterocycles. The van der Waals surface area contributed by atoms with Crippen LogP contribution in [-0.4, -0.2) is 6.54 Å². The van der Waals surface area contributed by atoms with Crippen LogP contribution in [0.5, 0.6) is 0 Å². The van der Waals surface area contributed by atoms with Gasteiger partial charge in [0.1, 0.15) is 0 Å². The van der Waals surface area contributed by atoms with Gasteiger partial charge in [-0.1, -0.05) is 59.3 Å². The molecule has 0 fully saturated rings. The number of nitrogens with one attached hydrogen (secondary N) is 1. The molecule has 0 aliphatic heterocycles. The number of rotatable bonds is 5. The van der Waals surface area contributed by atoms with Gasteiger partial charge in [-0.15, -0.1) is 11.3 Å². The lowest BCUT2D eigenvalue weighted by Gasteiger charge is -2.20. The Morgan fingerprint density at radius 3 is 2.62 bits per heavy atom. The van der Waals surface area contributed by atoms with Crippen LogP contribution in [0.4, 0.5) is 0 Å². The highest BCUT2D eigenvalue weighted by Crippen LogP contribution is 2.35. The monoisotopic (exact) mass is 359 g/mol. The number of fused-ring (bicyclic) bond motifs is 1. The summed E-state index contributed by atoms with van der Waals surface area (Å²) in [5.41, 5.74) is 2.67. The minimum atomic E-state index is 0.233. The van der Waals surface area contributed by atoms with E-state index in [0.717, 1.165) is 17.4 Å². The Labute approximate surface area is 138 Å². The standard InChI is InChI=1S/C18H18BrNS/c1-2-11-20-18(14-8-3-5-9-16(14)19)15-12-21-17-10-6-4-7-13(15)17/h3-10,12,18,20H,2,11H2,1H3. The summed E-state index contributed by atoms with van der Waals surface area (Å²) < 4.78 is 2.51. The average molecular weight is 360 g/mol. The first-order chi connectivity index (χ1) is 10.3. The van der Waals surface area contributed by atoms with Gasteiger partial charge in [-0.05, 0) is 47.0 Å². The van der Waals surface area contributed by atoms with Gasteiger partial charge in [0.05, 0.1) is 6.04 Å². The van der Waals surface area contributed by atoms with E-state index in [9.17, 15) is 0 Å². The Kier molecular flexibility index (Phi) is 4.73. The predicted molar refractivity (Wildman–Crippen MR) is 96.1 cm³/mol. The molecule has 108 valence electrons. The predicted octanol–water partition coefficient (Wildman–Crippen LogP) is 5.75. The zero-order valence-electron chi connectivity index (χ0n) is 12.0. The van der Waals surface area contributed by atoms with Crippen molar-refractivity contribution in [1.82, 2.24) is 5.32 Å². The Morgan fingerprint density at radius 2 is 1.81 bits per heavy atom. The molecule has 1 N–H and O–H groups in total. The van der Waals surface area contributed by atoms with Gasteiger partial charge in [0.25, 0.3) is 0 Å². The van der Waals surface area contributed by atoms with Gasteiger partial charge in [0.2, 0.25) is 0 Å². The normalized spacial score (nSPS) is 12.7. The molecule has 3 heteroatoms. The number of thiophene rings is 1. The second-order valence-corrected chi connectivity index (χ2v) is 6.86. The highest BCUT2D eigenvalue weighted by molar-refractivity contribution is 9.10. The Morgan fingerprint density at radius 1 is 1.05 bits per heavy atom. The highest BCUT2D eigenvalue weighted by Gasteiger charge is 2.19. The van der Waals surface area contributed by atoms with Crippen LogP contribution in [-0.2, 0) is 0 Å². The van der Waals surface area contributed by atoms with Gasteiger partial charge >= 0.3 is 0 Å². The van der Waals surface area contributed by atoms with Crippen LogP contribution in [0.25, 0.3) is 10.1 Å². The molecule has 3 rings (SSSR count). The maximum Gasteiger partial charge on any atom is 0.0602 e. The molecule has 0 amide bonds. The van der Waals surface area contributed by atoms with Crippen LogP contribution in [0.2, 0.25) is 0 Å². The second kappa shape index (κ2) is 6.73. The smallest absolute Gasteiger partial charge is 0.0602 e. The van der Waals surface area contributed by atoms with Crippen molar-refractivity contribution in [2.75, 3.05) is 6.54 Å². The van der Waals surface area contributed by atoms with E-state index in [1.54, 1.807) is 0 Å². The van der Waals surface area contributed by atoms with E-state index in [-0.39, 0.29) is 6.04 Å². The van der Waals surface area contributed by atoms with Crippen molar-refractivity contribution in [3.05, 3.63) is 69.5 Å². The van der Waals surface area contributed by atoms with Crippen molar-refractivity contribution >= 4 is 37.4 Å². The summed E-state index contributed by atoms with van der Waals surface area (Å²) in [4.78, 5) is 0. The molecule has 1 aromatic heterocycles. The average Bonchev–Trinajstić information content (AvgIpc) is 2.93. The maximum absolute atomic E-state index is 3.70. The summed E-state index contributed by atoms with van der Waals surface area (Å²) >= 11 is 5.52. The summed E-state index contributed by atoms with van der Waals surface area (Å²) in [6, 6.07) is 17.4. The zero-order valence-corrected chi connectivity index (χ0v) is 14.4. The summed E-state index contributed by atoms with van der Waals surface area (Å²) in [5, 5.41) is 7.34. The molecule has 0 aliphatic rings. The molecular weight excluding hydrogens is 342 g/mol. The number of halogens is 1. The quantitative estimate of drug-likeness (QED) is 0.611. The van der Waals surface area contributed by atoms with Crippen LogP contribution < -0.4 is 5.32 Å². The first-order valence-electron chi connectivity index (χ1n) is 7.25. The zero-order chi connectivity index (χ0) is 14.7. The van der Waals surface area contributed by atoms with Gasteiger partial charge in [-0.25, -0.2) is 0 Å². The van der Waals surface area contributed by atoms with E-state index in [1.807, 2.05) is 11.3 Å². The maximum atomic E-state index is 3.70. The summed E-state index contributed by atoms with van der Waals surface area (Å²) in [6.07, 6.45) is 1.13. The van der Waals surface area contributed by atoms with Crippen molar-refractivity contribution in [2.45, 2.75) is 19.4 Å². The van der Waals surface area contributed by atoms with Gasteiger partial charge in [0, 0.05) is 9.17 Å². The van der Waals surface area contributed by atoms with E-state index in [4.69, 9.17) is 0 Å². The van der Waals surface area contributed by atoms with Gasteiger partial charge < -0.3 is 5.32 Å². The topological polar surface area (TPSA) is 12.0 Å². The summed E-state index contributed by atoms with van der Waals surface area (Å²) in [7, 11) is 0. The SMILES string of the molecule is CCCNC(c1ccccc1Br)c1csc2ccccc12. The van der Waals surface area contributed by atoms with E-state index in [0.29, 0.717) is 0 Å². The largest absolute Gasteiger partial charge is 0.306 e. The first-order valence-corrected chi connectivity index (χ1v) is 8.92. The van der Waals surface area contributed by atoms with Crippen LogP contribution in [0.15, 0.2) is 58.4 Å². The molecule has 0 saturated carbocycles. The van der Waals surface area contributed by atoms with E-state index in [1.165, 1.54) is 21.2 Å². The summed E-state index contributed by atoms with van der Waals surface area (Å²) in [5.74, 6) is 0. The Hall–Kier alpha value is -1.16. The van der Waals surface area contributed by atoms with Crippen LogP contribution >= 0.6 is 27.3 Å². The number of hydrogen-bond donors (Lipinski definition) is 1. The molecular formula is C18H18BrNS. The molecule has 3 aromatic rings. The molecule has 1 nitrogen and oxygen atoms in total. The van der Waals surface area contributed by atoms with E-state index < -0.39 is 0 Å². The lowest BCUT2D eigenvalue weighted by Crippen LogP contribution is -2.23. The highest BCUT2D eigenvalue weighted by atomic mass is 79.9. The fourth-order valence-corrected chi connectivity index (χ4v) is 4.11. The lowest BCUT2D eigenvalue weighted by atomic mass is 9.98. The number of benzene rings is 2. The van der Waals surface area contributed by atoms with Crippen molar-refractivity contribution in [3.8, 4) is 0 Å². The van der Waals surface area contributed by atoms with Crippen molar-refractivity contribution in [1.29, 1.82) is 0 Å². The molecule has 1 unspecified atom stereocenters. The second-order valence-electron chi connectivity index (χ2n) is 5.10. The molecule has 1 atom stereocenters. The minimum Gasteiger partial charge on any atom is -0.306 e. The first kappa shape index (κ1) is 14.8. The van der Waals surface area contributed by atoms with Gasteiger partial charge in [-0.2, -0.15) is 0 Å². The molecule has 1 heterocycles. The molecule has 0 bridgehead atoms. The van der Waals surface area contributed by atoms with Crippen molar-refractivity contribution in [3.63, 3.8) is 0 Å². The van der Waals surface area contributed by atoms with Crippen molar-refractivity contribution in [2.24, 2.45) is 0 Å². The van der Waals surface area contributed by atoms with Crippen LogP contribution in [0.1, 0.15) is 30.5 Å². The molecule has 2 aromatic carbocycles. The van der Waals surface area contributed by atoms with Crippen LogP contribution in [0, 0.1) is 0 Å². The Balaban J connectivity index is 2.09. The van der Waals surface area contributed by atoms with E-state index >= 15 is 0 Å². The molecule has 0 aliphatic carbocycles. The Bertz CT molecular complexity index is 735. The number of hydrogen-bond acceptors (Lipinski definition) is 2. The third-order valence-electron chi connectivity index (χ3n) is 3.64. The fraction of sp³-hybridized carbons (Fsp3) is 0.222. The van der Waals surface area contributed by atoms with Crippen molar-refractivity contribution < 1.29 is 0 Å².